The predicted octanol–water partition coefficient (Wildman–Crippen LogP) is 1.63. The minimum Gasteiger partial charge on any atom is -0.468 e. The first-order valence-corrected chi connectivity index (χ1v) is 6.54. The molecule has 2 N–H and O–H groups in total. The average Bonchev–Trinajstić information content (AvgIpc) is 2.81. The summed E-state index contributed by atoms with van der Waals surface area (Å²) in [7, 11) is 4.10. The van der Waals surface area contributed by atoms with Gasteiger partial charge < -0.3 is 14.8 Å². The van der Waals surface area contributed by atoms with Gasteiger partial charge in [0.2, 0.25) is 0 Å². The van der Waals surface area contributed by atoms with Gasteiger partial charge in [-0.15, -0.1) is 0 Å². The summed E-state index contributed by atoms with van der Waals surface area (Å²) in [6, 6.07) is 4.54. The van der Waals surface area contributed by atoms with Crippen LogP contribution in [0.4, 0.5) is 0 Å². The SMILES string of the molecule is CN(C)C(CNC1CC(O)C1(C)C)c1ccco1. The van der Waals surface area contributed by atoms with Gasteiger partial charge in [0.25, 0.3) is 0 Å². The van der Waals surface area contributed by atoms with E-state index in [1.807, 2.05) is 12.1 Å². The Bertz CT molecular complexity index is 373. The Hall–Kier alpha value is -0.840. The summed E-state index contributed by atoms with van der Waals surface area (Å²) in [6.45, 7) is 5.05. The Morgan fingerprint density at radius 1 is 1.56 bits per heavy atom. The Morgan fingerprint density at radius 2 is 2.28 bits per heavy atom. The number of nitrogens with one attached hydrogen (secondary N) is 1. The molecule has 0 radical (unpaired) electrons. The lowest BCUT2D eigenvalue weighted by Crippen LogP contribution is -2.60. The molecule has 4 nitrogen and oxygen atoms in total. The highest BCUT2D eigenvalue weighted by Gasteiger charge is 2.47. The highest BCUT2D eigenvalue weighted by Crippen LogP contribution is 2.40. The van der Waals surface area contributed by atoms with Crippen molar-refractivity contribution >= 4 is 0 Å². The summed E-state index contributed by atoms with van der Waals surface area (Å²) in [5.41, 5.74) is -0.0278. The van der Waals surface area contributed by atoms with Crippen molar-refractivity contribution in [3.05, 3.63) is 24.2 Å². The van der Waals surface area contributed by atoms with Crippen LogP contribution in [-0.4, -0.2) is 42.8 Å². The smallest absolute Gasteiger partial charge is 0.122 e. The zero-order valence-electron chi connectivity index (χ0n) is 11.7. The van der Waals surface area contributed by atoms with Crippen LogP contribution in [0.3, 0.4) is 0 Å². The second-order valence-electron chi connectivity index (χ2n) is 6.03. The quantitative estimate of drug-likeness (QED) is 0.836. The normalized spacial score (nSPS) is 28.1. The van der Waals surface area contributed by atoms with E-state index >= 15 is 0 Å². The number of nitrogens with zero attached hydrogens (tertiary/aromatic N) is 1. The number of likely N-dealkylation sites (N-methyl/N-ethyl adjacent to an activating group) is 1. The van der Waals surface area contributed by atoms with Crippen molar-refractivity contribution in [2.45, 2.75) is 38.5 Å². The van der Waals surface area contributed by atoms with Gasteiger partial charge in [-0.3, -0.25) is 4.90 Å². The second-order valence-corrected chi connectivity index (χ2v) is 6.03. The van der Waals surface area contributed by atoms with Gasteiger partial charge in [0, 0.05) is 18.0 Å². The van der Waals surface area contributed by atoms with E-state index in [9.17, 15) is 5.11 Å². The zero-order valence-corrected chi connectivity index (χ0v) is 11.7. The molecular weight excluding hydrogens is 228 g/mol. The summed E-state index contributed by atoms with van der Waals surface area (Å²) in [5.74, 6) is 0.977. The van der Waals surface area contributed by atoms with E-state index in [4.69, 9.17) is 4.42 Å². The summed E-state index contributed by atoms with van der Waals surface area (Å²) < 4.78 is 5.48. The van der Waals surface area contributed by atoms with Gasteiger partial charge in [-0.25, -0.2) is 0 Å². The lowest BCUT2D eigenvalue weighted by atomic mass is 9.64. The van der Waals surface area contributed by atoms with Crippen molar-refractivity contribution < 1.29 is 9.52 Å². The molecule has 1 fully saturated rings. The third-order valence-electron chi connectivity index (χ3n) is 4.27. The van der Waals surface area contributed by atoms with E-state index in [2.05, 4.69) is 38.2 Å². The van der Waals surface area contributed by atoms with Crippen LogP contribution < -0.4 is 5.32 Å². The molecule has 1 aliphatic carbocycles. The number of aliphatic hydroxyl groups is 1. The molecule has 1 aliphatic rings. The van der Waals surface area contributed by atoms with Crippen LogP contribution >= 0.6 is 0 Å². The monoisotopic (exact) mass is 252 g/mol. The Morgan fingerprint density at radius 3 is 2.72 bits per heavy atom. The number of hydrogen-bond donors (Lipinski definition) is 2. The molecule has 4 heteroatoms. The Balaban J connectivity index is 1.92. The first-order valence-electron chi connectivity index (χ1n) is 6.54. The molecule has 0 spiro atoms. The first-order chi connectivity index (χ1) is 8.43. The summed E-state index contributed by atoms with van der Waals surface area (Å²) in [5, 5.41) is 13.3. The lowest BCUT2D eigenvalue weighted by Gasteiger charge is -2.50. The Labute approximate surface area is 109 Å². The molecule has 1 heterocycles. The van der Waals surface area contributed by atoms with Crippen molar-refractivity contribution in [2.24, 2.45) is 5.41 Å². The van der Waals surface area contributed by atoms with Gasteiger partial charge in [0.15, 0.2) is 0 Å². The van der Waals surface area contributed by atoms with E-state index in [1.165, 1.54) is 0 Å². The van der Waals surface area contributed by atoms with Crippen LogP contribution in [0.5, 0.6) is 0 Å². The van der Waals surface area contributed by atoms with Crippen LogP contribution in [0.2, 0.25) is 0 Å². The summed E-state index contributed by atoms with van der Waals surface area (Å²) >= 11 is 0. The number of aliphatic hydroxyl groups excluding tert-OH is 1. The largest absolute Gasteiger partial charge is 0.468 e. The number of hydrogen-bond acceptors (Lipinski definition) is 4. The molecule has 1 aromatic rings. The molecule has 0 bridgehead atoms. The summed E-state index contributed by atoms with van der Waals surface area (Å²) in [6.07, 6.45) is 2.37. The minimum atomic E-state index is -0.184. The molecule has 0 amide bonds. The molecule has 2 rings (SSSR count). The summed E-state index contributed by atoms with van der Waals surface area (Å²) in [4.78, 5) is 2.15. The standard InChI is InChI=1S/C14H24N2O2/c1-14(2)12(8-13(14)17)15-9-10(16(3)4)11-6-5-7-18-11/h5-7,10,12-13,15,17H,8-9H2,1-4H3. The molecule has 0 aromatic carbocycles. The molecule has 0 aliphatic heterocycles. The van der Waals surface area contributed by atoms with E-state index in [0.29, 0.717) is 6.04 Å². The highest BCUT2D eigenvalue weighted by atomic mass is 16.3. The van der Waals surface area contributed by atoms with Crippen molar-refractivity contribution in [1.82, 2.24) is 10.2 Å². The van der Waals surface area contributed by atoms with Gasteiger partial charge in [-0.05, 0) is 32.6 Å². The first kappa shape index (κ1) is 13.6. The van der Waals surface area contributed by atoms with E-state index < -0.39 is 0 Å². The van der Waals surface area contributed by atoms with Crippen LogP contribution in [0.15, 0.2) is 22.8 Å². The van der Waals surface area contributed by atoms with Gasteiger partial charge in [-0.1, -0.05) is 13.8 Å². The van der Waals surface area contributed by atoms with Crippen molar-refractivity contribution in [1.29, 1.82) is 0 Å². The Kier molecular flexibility index (Phi) is 3.80. The maximum absolute atomic E-state index is 9.74. The van der Waals surface area contributed by atoms with E-state index in [1.54, 1.807) is 6.26 Å². The molecule has 0 saturated heterocycles. The third-order valence-corrected chi connectivity index (χ3v) is 4.27. The molecule has 102 valence electrons. The van der Waals surface area contributed by atoms with Gasteiger partial charge in [0.1, 0.15) is 5.76 Å². The highest BCUT2D eigenvalue weighted by molar-refractivity contribution is 5.07. The maximum Gasteiger partial charge on any atom is 0.122 e. The lowest BCUT2D eigenvalue weighted by molar-refractivity contribution is -0.0737. The topological polar surface area (TPSA) is 48.6 Å². The molecular formula is C14H24N2O2. The maximum atomic E-state index is 9.74. The van der Waals surface area contributed by atoms with Gasteiger partial charge >= 0.3 is 0 Å². The third kappa shape index (κ3) is 2.46. The molecule has 18 heavy (non-hydrogen) atoms. The molecule has 1 saturated carbocycles. The van der Waals surface area contributed by atoms with Gasteiger partial charge in [0.05, 0.1) is 18.4 Å². The fraction of sp³-hybridized carbons (Fsp3) is 0.714. The number of furan rings is 1. The zero-order chi connectivity index (χ0) is 13.3. The fourth-order valence-electron chi connectivity index (χ4n) is 2.52. The van der Waals surface area contributed by atoms with E-state index in [-0.39, 0.29) is 17.6 Å². The number of rotatable bonds is 5. The average molecular weight is 252 g/mol. The van der Waals surface area contributed by atoms with Crippen LogP contribution in [0.1, 0.15) is 32.1 Å². The second kappa shape index (κ2) is 5.03. The molecule has 3 unspecified atom stereocenters. The fourth-order valence-corrected chi connectivity index (χ4v) is 2.52. The van der Waals surface area contributed by atoms with Crippen molar-refractivity contribution in [3.8, 4) is 0 Å². The van der Waals surface area contributed by atoms with Crippen LogP contribution in [0.25, 0.3) is 0 Å². The molecule has 3 atom stereocenters. The van der Waals surface area contributed by atoms with Gasteiger partial charge in [-0.2, -0.15) is 0 Å². The van der Waals surface area contributed by atoms with Crippen LogP contribution in [0, 0.1) is 5.41 Å². The van der Waals surface area contributed by atoms with Crippen molar-refractivity contribution in [2.75, 3.05) is 20.6 Å². The van der Waals surface area contributed by atoms with Crippen LogP contribution in [-0.2, 0) is 0 Å². The minimum absolute atomic E-state index is 0.0278. The van der Waals surface area contributed by atoms with Crippen molar-refractivity contribution in [3.63, 3.8) is 0 Å². The molecule has 1 aromatic heterocycles. The predicted molar refractivity (Wildman–Crippen MR) is 71.3 cm³/mol. The van der Waals surface area contributed by atoms with E-state index in [0.717, 1.165) is 18.7 Å².